The van der Waals surface area contributed by atoms with E-state index in [2.05, 4.69) is 23.8 Å². The SMILES string of the molecule is CCOC(=O)COCCN1CCCN(C)CC1CC. The molecular formula is C14H28N2O3. The number of carbonyl (C=O) groups excluding carboxylic acids is 1. The van der Waals surface area contributed by atoms with Crippen LogP contribution in [0.4, 0.5) is 0 Å². The summed E-state index contributed by atoms with van der Waals surface area (Å²) in [6.07, 6.45) is 2.35. The zero-order chi connectivity index (χ0) is 14.1. The molecule has 0 aromatic heterocycles. The van der Waals surface area contributed by atoms with Gasteiger partial charge in [0.1, 0.15) is 6.61 Å². The van der Waals surface area contributed by atoms with Crippen molar-refractivity contribution < 1.29 is 14.3 Å². The molecule has 5 nitrogen and oxygen atoms in total. The first-order valence-electron chi connectivity index (χ1n) is 7.33. The lowest BCUT2D eigenvalue weighted by Gasteiger charge is -2.29. The number of ether oxygens (including phenoxy) is 2. The van der Waals surface area contributed by atoms with E-state index in [0.29, 0.717) is 19.3 Å². The fourth-order valence-corrected chi connectivity index (χ4v) is 2.51. The van der Waals surface area contributed by atoms with E-state index in [-0.39, 0.29) is 12.6 Å². The van der Waals surface area contributed by atoms with Gasteiger partial charge in [-0.1, -0.05) is 6.92 Å². The van der Waals surface area contributed by atoms with Gasteiger partial charge in [-0.15, -0.1) is 0 Å². The van der Waals surface area contributed by atoms with Crippen molar-refractivity contribution in [2.45, 2.75) is 32.7 Å². The van der Waals surface area contributed by atoms with Crippen LogP contribution in [-0.4, -0.2) is 74.9 Å². The van der Waals surface area contributed by atoms with E-state index in [1.807, 2.05) is 0 Å². The van der Waals surface area contributed by atoms with Crippen molar-refractivity contribution in [3.8, 4) is 0 Å². The van der Waals surface area contributed by atoms with E-state index in [0.717, 1.165) is 32.6 Å². The molecule has 0 amide bonds. The number of rotatable bonds is 7. The van der Waals surface area contributed by atoms with E-state index in [4.69, 9.17) is 9.47 Å². The molecule has 1 heterocycles. The molecule has 0 aromatic rings. The first kappa shape index (κ1) is 16.4. The van der Waals surface area contributed by atoms with Gasteiger partial charge in [-0.25, -0.2) is 4.79 Å². The Labute approximate surface area is 116 Å². The summed E-state index contributed by atoms with van der Waals surface area (Å²) in [6, 6.07) is 0.596. The number of hydrogen-bond donors (Lipinski definition) is 0. The molecule has 1 aliphatic heterocycles. The molecule has 1 aliphatic rings. The average Bonchev–Trinajstić information content (AvgIpc) is 2.56. The van der Waals surface area contributed by atoms with Crippen LogP contribution in [0.5, 0.6) is 0 Å². The Kier molecular flexibility index (Phi) is 8.02. The Balaban J connectivity index is 2.24. The van der Waals surface area contributed by atoms with Crippen LogP contribution in [0.1, 0.15) is 26.7 Å². The van der Waals surface area contributed by atoms with E-state index in [9.17, 15) is 4.79 Å². The predicted octanol–water partition coefficient (Wildman–Crippen LogP) is 0.982. The van der Waals surface area contributed by atoms with E-state index in [1.54, 1.807) is 6.92 Å². The maximum absolute atomic E-state index is 11.1. The standard InChI is InChI=1S/C14H28N2O3/c1-4-13-11-15(3)7-6-8-16(13)9-10-18-12-14(17)19-5-2/h13H,4-12H2,1-3H3. The average molecular weight is 272 g/mol. The molecule has 5 heteroatoms. The molecule has 0 aliphatic carbocycles. The first-order valence-corrected chi connectivity index (χ1v) is 7.33. The van der Waals surface area contributed by atoms with Crippen molar-refractivity contribution in [1.29, 1.82) is 0 Å². The molecule has 1 fully saturated rings. The van der Waals surface area contributed by atoms with Crippen molar-refractivity contribution in [3.63, 3.8) is 0 Å². The normalized spacial score (nSPS) is 22.2. The fourth-order valence-electron chi connectivity index (χ4n) is 2.51. The summed E-state index contributed by atoms with van der Waals surface area (Å²) in [7, 11) is 2.18. The van der Waals surface area contributed by atoms with E-state index < -0.39 is 0 Å². The molecule has 0 saturated carbocycles. The van der Waals surface area contributed by atoms with Crippen LogP contribution in [-0.2, 0) is 14.3 Å². The molecule has 112 valence electrons. The molecule has 1 unspecified atom stereocenters. The van der Waals surface area contributed by atoms with Crippen LogP contribution in [0.3, 0.4) is 0 Å². The summed E-state index contributed by atoms with van der Waals surface area (Å²) in [5.74, 6) is -0.273. The predicted molar refractivity (Wildman–Crippen MR) is 75.2 cm³/mol. The van der Waals surface area contributed by atoms with Crippen molar-refractivity contribution in [1.82, 2.24) is 9.80 Å². The van der Waals surface area contributed by atoms with E-state index >= 15 is 0 Å². The Bertz CT molecular complexity index is 261. The van der Waals surface area contributed by atoms with Crippen LogP contribution >= 0.6 is 0 Å². The lowest BCUT2D eigenvalue weighted by atomic mass is 10.2. The molecule has 19 heavy (non-hydrogen) atoms. The minimum Gasteiger partial charge on any atom is -0.464 e. The highest BCUT2D eigenvalue weighted by molar-refractivity contribution is 5.70. The summed E-state index contributed by atoms with van der Waals surface area (Å²) in [5, 5.41) is 0. The topological polar surface area (TPSA) is 42.0 Å². The summed E-state index contributed by atoms with van der Waals surface area (Å²) in [6.45, 7) is 9.41. The summed E-state index contributed by atoms with van der Waals surface area (Å²) in [4.78, 5) is 16.0. The molecule has 1 atom stereocenters. The van der Waals surface area contributed by atoms with Gasteiger partial charge in [0.05, 0.1) is 13.2 Å². The second-order valence-corrected chi connectivity index (χ2v) is 5.07. The van der Waals surface area contributed by atoms with Gasteiger partial charge in [0, 0.05) is 19.1 Å². The Morgan fingerprint density at radius 3 is 2.79 bits per heavy atom. The Morgan fingerprint density at radius 1 is 1.32 bits per heavy atom. The highest BCUT2D eigenvalue weighted by Gasteiger charge is 2.21. The van der Waals surface area contributed by atoms with Crippen LogP contribution < -0.4 is 0 Å². The lowest BCUT2D eigenvalue weighted by Crippen LogP contribution is -2.41. The number of hydrogen-bond acceptors (Lipinski definition) is 5. The minimum atomic E-state index is -0.273. The second kappa shape index (κ2) is 9.28. The zero-order valence-electron chi connectivity index (χ0n) is 12.6. The number of nitrogens with zero attached hydrogens (tertiary/aromatic N) is 2. The highest BCUT2D eigenvalue weighted by Crippen LogP contribution is 2.11. The van der Waals surface area contributed by atoms with Gasteiger partial charge >= 0.3 is 5.97 Å². The lowest BCUT2D eigenvalue weighted by molar-refractivity contribution is -0.148. The van der Waals surface area contributed by atoms with Gasteiger partial charge in [-0.2, -0.15) is 0 Å². The van der Waals surface area contributed by atoms with Crippen molar-refractivity contribution in [2.75, 3.05) is 53.0 Å². The third-order valence-electron chi connectivity index (χ3n) is 3.54. The maximum Gasteiger partial charge on any atom is 0.332 e. The first-order chi connectivity index (χ1) is 9.17. The van der Waals surface area contributed by atoms with Gasteiger partial charge in [0.25, 0.3) is 0 Å². The molecule has 1 saturated heterocycles. The van der Waals surface area contributed by atoms with Gasteiger partial charge in [-0.05, 0) is 39.9 Å². The Morgan fingerprint density at radius 2 is 2.11 bits per heavy atom. The van der Waals surface area contributed by atoms with Gasteiger partial charge in [0.15, 0.2) is 0 Å². The molecule has 0 bridgehead atoms. The van der Waals surface area contributed by atoms with Gasteiger partial charge in [-0.3, -0.25) is 4.90 Å². The highest BCUT2D eigenvalue weighted by atomic mass is 16.6. The second-order valence-electron chi connectivity index (χ2n) is 5.07. The molecule has 0 N–H and O–H groups in total. The number of esters is 1. The van der Waals surface area contributed by atoms with Crippen molar-refractivity contribution >= 4 is 5.97 Å². The minimum absolute atomic E-state index is 0.0678. The van der Waals surface area contributed by atoms with E-state index in [1.165, 1.54) is 6.42 Å². The van der Waals surface area contributed by atoms with Crippen LogP contribution in [0, 0.1) is 0 Å². The summed E-state index contributed by atoms with van der Waals surface area (Å²) in [5.41, 5.74) is 0. The van der Waals surface area contributed by atoms with Gasteiger partial charge < -0.3 is 14.4 Å². The molecule has 1 rings (SSSR count). The van der Waals surface area contributed by atoms with Crippen LogP contribution in [0.25, 0.3) is 0 Å². The monoisotopic (exact) mass is 272 g/mol. The van der Waals surface area contributed by atoms with Crippen LogP contribution in [0.2, 0.25) is 0 Å². The number of carbonyl (C=O) groups is 1. The van der Waals surface area contributed by atoms with Crippen LogP contribution in [0.15, 0.2) is 0 Å². The third kappa shape index (κ3) is 6.36. The summed E-state index contributed by atoms with van der Waals surface area (Å²) < 4.78 is 10.2. The third-order valence-corrected chi connectivity index (χ3v) is 3.54. The number of likely N-dealkylation sites (N-methyl/N-ethyl adjacent to an activating group) is 1. The fraction of sp³-hybridized carbons (Fsp3) is 0.929. The largest absolute Gasteiger partial charge is 0.464 e. The maximum atomic E-state index is 11.1. The van der Waals surface area contributed by atoms with Crippen molar-refractivity contribution in [3.05, 3.63) is 0 Å². The zero-order valence-corrected chi connectivity index (χ0v) is 12.6. The molecule has 0 spiro atoms. The molecule has 0 radical (unpaired) electrons. The van der Waals surface area contributed by atoms with Gasteiger partial charge in [0.2, 0.25) is 0 Å². The molecule has 0 aromatic carbocycles. The summed E-state index contributed by atoms with van der Waals surface area (Å²) >= 11 is 0. The molecular weight excluding hydrogens is 244 g/mol. The Hall–Kier alpha value is -0.650. The quantitative estimate of drug-likeness (QED) is 0.510. The smallest absolute Gasteiger partial charge is 0.332 e. The van der Waals surface area contributed by atoms with Crippen molar-refractivity contribution in [2.24, 2.45) is 0 Å².